The normalized spacial score (nSPS) is 34.8. The van der Waals surface area contributed by atoms with E-state index in [-0.39, 0.29) is 11.1 Å². The van der Waals surface area contributed by atoms with Crippen LogP contribution in [0.1, 0.15) is 38.7 Å². The lowest BCUT2D eigenvalue weighted by molar-refractivity contribution is -0.0118. The minimum atomic E-state index is 0.0344. The molecule has 0 radical (unpaired) electrons. The van der Waals surface area contributed by atoms with Gasteiger partial charge in [-0.15, -0.1) is 0 Å². The molecule has 2 unspecified atom stereocenters. The maximum atomic E-state index is 6.00. The lowest BCUT2D eigenvalue weighted by Gasteiger charge is -2.37. The van der Waals surface area contributed by atoms with E-state index in [4.69, 9.17) is 4.74 Å². The van der Waals surface area contributed by atoms with E-state index in [2.05, 4.69) is 54.4 Å². The van der Waals surface area contributed by atoms with Crippen molar-refractivity contribution in [3.63, 3.8) is 0 Å². The molecular formula is C18H28N2O. The molecule has 3 heteroatoms. The van der Waals surface area contributed by atoms with Gasteiger partial charge in [0.2, 0.25) is 0 Å². The molecule has 2 heterocycles. The summed E-state index contributed by atoms with van der Waals surface area (Å²) in [4.78, 5) is 2.60. The molecule has 1 aromatic carbocycles. The van der Waals surface area contributed by atoms with Crippen LogP contribution in [0.4, 0.5) is 0 Å². The van der Waals surface area contributed by atoms with Gasteiger partial charge < -0.3 is 10.1 Å². The van der Waals surface area contributed by atoms with Gasteiger partial charge in [-0.2, -0.15) is 0 Å². The van der Waals surface area contributed by atoms with Gasteiger partial charge in [-0.3, -0.25) is 4.90 Å². The Morgan fingerprint density at radius 1 is 1.19 bits per heavy atom. The first-order valence-electron chi connectivity index (χ1n) is 8.27. The smallest absolute Gasteiger partial charge is 0.0781 e. The lowest BCUT2D eigenvalue weighted by atomic mass is 9.91. The Labute approximate surface area is 128 Å². The summed E-state index contributed by atoms with van der Waals surface area (Å²) in [5.74, 6) is 0. The Hall–Kier alpha value is -0.900. The number of hydrogen-bond acceptors (Lipinski definition) is 3. The molecule has 3 nitrogen and oxygen atoms in total. The summed E-state index contributed by atoms with van der Waals surface area (Å²) in [6.45, 7) is 9.89. The van der Waals surface area contributed by atoms with Crippen LogP contribution in [-0.2, 0) is 10.3 Å². The van der Waals surface area contributed by atoms with Gasteiger partial charge >= 0.3 is 0 Å². The fraction of sp³-hybridized carbons (Fsp3) is 0.667. The predicted octanol–water partition coefficient (Wildman–Crippen LogP) is 2.77. The summed E-state index contributed by atoms with van der Waals surface area (Å²) in [5.41, 5.74) is 1.48. The van der Waals surface area contributed by atoms with Crippen molar-refractivity contribution >= 4 is 0 Å². The zero-order valence-electron chi connectivity index (χ0n) is 13.4. The highest BCUT2D eigenvalue weighted by molar-refractivity contribution is 5.24. The van der Waals surface area contributed by atoms with Crippen molar-refractivity contribution in [3.05, 3.63) is 35.9 Å². The van der Waals surface area contributed by atoms with Crippen molar-refractivity contribution < 1.29 is 4.74 Å². The maximum absolute atomic E-state index is 6.00. The van der Waals surface area contributed by atoms with Crippen molar-refractivity contribution in [2.45, 2.75) is 44.2 Å². The molecule has 2 aliphatic rings. The third kappa shape index (κ3) is 3.47. The molecule has 1 aromatic rings. The average Bonchev–Trinajstić information content (AvgIpc) is 2.81. The Morgan fingerprint density at radius 3 is 2.71 bits per heavy atom. The standard InChI is InChI=1S/C18H28N2O/c1-17(10-6-13-21-17)14-20-12-7-11-19-18(2,15-20)16-8-4-3-5-9-16/h3-5,8-9,19H,6-7,10-15H2,1-2H3. The Kier molecular flexibility index (Phi) is 4.34. The van der Waals surface area contributed by atoms with Gasteiger partial charge in [-0.05, 0) is 51.8 Å². The van der Waals surface area contributed by atoms with Gasteiger partial charge in [0.05, 0.1) is 11.1 Å². The summed E-state index contributed by atoms with van der Waals surface area (Å²) in [5, 5.41) is 3.76. The summed E-state index contributed by atoms with van der Waals surface area (Å²) >= 11 is 0. The van der Waals surface area contributed by atoms with Crippen molar-refractivity contribution in [3.8, 4) is 0 Å². The lowest BCUT2D eigenvalue weighted by Crippen LogP contribution is -2.49. The second kappa shape index (κ2) is 6.07. The van der Waals surface area contributed by atoms with Crippen molar-refractivity contribution in [2.24, 2.45) is 0 Å². The second-order valence-electron chi connectivity index (χ2n) is 7.09. The Balaban J connectivity index is 1.74. The first-order valence-corrected chi connectivity index (χ1v) is 8.27. The largest absolute Gasteiger partial charge is 0.374 e. The maximum Gasteiger partial charge on any atom is 0.0781 e. The number of ether oxygens (including phenoxy) is 1. The van der Waals surface area contributed by atoms with E-state index >= 15 is 0 Å². The number of benzene rings is 1. The third-order valence-electron chi connectivity index (χ3n) is 4.98. The topological polar surface area (TPSA) is 24.5 Å². The minimum absolute atomic E-state index is 0.0344. The molecule has 3 rings (SSSR count). The fourth-order valence-corrected chi connectivity index (χ4v) is 3.82. The summed E-state index contributed by atoms with van der Waals surface area (Å²) in [6.07, 6.45) is 3.61. The zero-order chi connectivity index (χ0) is 14.8. The summed E-state index contributed by atoms with van der Waals surface area (Å²) in [7, 11) is 0. The van der Waals surface area contributed by atoms with E-state index in [0.29, 0.717) is 0 Å². The molecule has 1 N–H and O–H groups in total. The van der Waals surface area contributed by atoms with E-state index in [1.54, 1.807) is 0 Å². The van der Waals surface area contributed by atoms with E-state index in [1.165, 1.54) is 24.8 Å². The molecule has 21 heavy (non-hydrogen) atoms. The molecule has 0 aliphatic carbocycles. The number of nitrogens with zero attached hydrogens (tertiary/aromatic N) is 1. The van der Waals surface area contributed by atoms with Crippen LogP contribution in [0.3, 0.4) is 0 Å². The highest BCUT2D eigenvalue weighted by Crippen LogP contribution is 2.29. The van der Waals surface area contributed by atoms with Crippen LogP contribution in [0.5, 0.6) is 0 Å². The minimum Gasteiger partial charge on any atom is -0.374 e. The van der Waals surface area contributed by atoms with Gasteiger partial charge in [0, 0.05) is 19.7 Å². The SMILES string of the molecule is CC1(CN2CCCNC(C)(c3ccccc3)C2)CCCO1. The molecule has 2 aliphatic heterocycles. The Bertz CT molecular complexity index is 456. The third-order valence-corrected chi connectivity index (χ3v) is 4.98. The number of hydrogen-bond donors (Lipinski definition) is 1. The van der Waals surface area contributed by atoms with E-state index < -0.39 is 0 Å². The monoisotopic (exact) mass is 288 g/mol. The number of rotatable bonds is 3. The molecule has 0 spiro atoms. The summed E-state index contributed by atoms with van der Waals surface area (Å²) in [6, 6.07) is 10.8. The number of nitrogens with one attached hydrogen (secondary N) is 1. The van der Waals surface area contributed by atoms with Crippen molar-refractivity contribution in [1.29, 1.82) is 0 Å². The van der Waals surface area contributed by atoms with Gasteiger partial charge in [0.15, 0.2) is 0 Å². The molecule has 116 valence electrons. The quantitative estimate of drug-likeness (QED) is 0.925. The van der Waals surface area contributed by atoms with Crippen LogP contribution in [0, 0.1) is 0 Å². The van der Waals surface area contributed by atoms with Gasteiger partial charge in [0.25, 0.3) is 0 Å². The van der Waals surface area contributed by atoms with Crippen molar-refractivity contribution in [1.82, 2.24) is 10.2 Å². The van der Waals surface area contributed by atoms with E-state index in [1.807, 2.05) is 0 Å². The van der Waals surface area contributed by atoms with Gasteiger partial charge in [0.1, 0.15) is 0 Å². The molecule has 2 saturated heterocycles. The van der Waals surface area contributed by atoms with Crippen LogP contribution in [0.25, 0.3) is 0 Å². The Morgan fingerprint density at radius 2 is 2.00 bits per heavy atom. The molecule has 2 atom stereocenters. The molecule has 0 saturated carbocycles. The zero-order valence-corrected chi connectivity index (χ0v) is 13.4. The van der Waals surface area contributed by atoms with E-state index in [9.17, 15) is 0 Å². The molecular weight excluding hydrogens is 260 g/mol. The van der Waals surface area contributed by atoms with Crippen LogP contribution >= 0.6 is 0 Å². The second-order valence-corrected chi connectivity index (χ2v) is 7.09. The molecule has 0 amide bonds. The highest BCUT2D eigenvalue weighted by Gasteiger charge is 2.36. The molecule has 0 aromatic heterocycles. The average molecular weight is 288 g/mol. The van der Waals surface area contributed by atoms with Gasteiger partial charge in [-0.25, -0.2) is 0 Å². The fourth-order valence-electron chi connectivity index (χ4n) is 3.82. The van der Waals surface area contributed by atoms with E-state index in [0.717, 1.165) is 32.8 Å². The summed E-state index contributed by atoms with van der Waals surface area (Å²) < 4.78 is 6.00. The highest BCUT2D eigenvalue weighted by atomic mass is 16.5. The van der Waals surface area contributed by atoms with Crippen LogP contribution in [-0.4, -0.2) is 43.3 Å². The van der Waals surface area contributed by atoms with Crippen LogP contribution in [0.2, 0.25) is 0 Å². The molecule has 0 bridgehead atoms. The predicted molar refractivity (Wildman–Crippen MR) is 86.4 cm³/mol. The first kappa shape index (κ1) is 15.0. The van der Waals surface area contributed by atoms with Gasteiger partial charge in [-0.1, -0.05) is 30.3 Å². The van der Waals surface area contributed by atoms with Crippen LogP contribution < -0.4 is 5.32 Å². The van der Waals surface area contributed by atoms with Crippen molar-refractivity contribution in [2.75, 3.05) is 32.8 Å². The van der Waals surface area contributed by atoms with Crippen LogP contribution in [0.15, 0.2) is 30.3 Å². The molecule has 2 fully saturated rings. The first-order chi connectivity index (χ1) is 10.1.